The molecular weight excluding hydrogens is 215 g/mol. The van der Waals surface area contributed by atoms with Crippen LogP contribution in [0.25, 0.3) is 0 Å². The first-order chi connectivity index (χ1) is 7.73. The van der Waals surface area contributed by atoms with Gasteiger partial charge in [0.2, 0.25) is 0 Å². The Hall–Kier alpha value is -0.995. The molecule has 0 amide bonds. The van der Waals surface area contributed by atoms with E-state index < -0.39 is 0 Å². The molecule has 0 saturated carbocycles. The van der Waals surface area contributed by atoms with E-state index in [0.29, 0.717) is 5.75 Å². The Morgan fingerprint density at radius 2 is 1.59 bits per heavy atom. The van der Waals surface area contributed by atoms with Gasteiger partial charge in [0.1, 0.15) is 5.75 Å². The van der Waals surface area contributed by atoms with E-state index in [4.69, 9.17) is 9.31 Å². The second kappa shape index (κ2) is 3.75. The number of benzene rings is 1. The summed E-state index contributed by atoms with van der Waals surface area (Å²) in [6.45, 7) is 9.98. The van der Waals surface area contributed by atoms with Gasteiger partial charge in [-0.2, -0.15) is 0 Å². The number of rotatable bonds is 1. The molecule has 1 heterocycles. The lowest BCUT2D eigenvalue weighted by molar-refractivity contribution is 0.00578. The fourth-order valence-electron chi connectivity index (χ4n) is 1.80. The quantitative estimate of drug-likeness (QED) is 0.755. The normalized spacial score (nSPS) is 21.8. The van der Waals surface area contributed by atoms with Crippen molar-refractivity contribution in [1.82, 2.24) is 0 Å². The summed E-state index contributed by atoms with van der Waals surface area (Å²) in [5, 5.41) is 9.51. The van der Waals surface area contributed by atoms with Crippen LogP contribution in [0.1, 0.15) is 33.3 Å². The van der Waals surface area contributed by atoms with E-state index >= 15 is 0 Å². The van der Waals surface area contributed by atoms with Crippen LogP contribution in [0.4, 0.5) is 0 Å². The molecular formula is C13H19BO3. The third kappa shape index (κ3) is 2.07. The van der Waals surface area contributed by atoms with Crippen LogP contribution in [-0.2, 0) is 9.31 Å². The molecule has 1 fully saturated rings. The molecule has 92 valence electrons. The highest BCUT2D eigenvalue weighted by Gasteiger charge is 2.51. The molecule has 1 saturated heterocycles. The number of hydrogen-bond acceptors (Lipinski definition) is 3. The third-order valence-electron chi connectivity index (χ3n) is 3.75. The SMILES string of the molecule is Cc1cc(B2OC(C)(C)C(C)(C)O2)ccc1O. The first kappa shape index (κ1) is 12.5. The lowest BCUT2D eigenvalue weighted by Crippen LogP contribution is -2.41. The molecule has 0 spiro atoms. The third-order valence-corrected chi connectivity index (χ3v) is 3.75. The predicted molar refractivity (Wildman–Crippen MR) is 68.6 cm³/mol. The number of aryl methyl sites for hydroxylation is 1. The van der Waals surface area contributed by atoms with Crippen molar-refractivity contribution >= 4 is 12.6 Å². The monoisotopic (exact) mass is 234 g/mol. The van der Waals surface area contributed by atoms with Gasteiger partial charge in [-0.1, -0.05) is 12.1 Å². The molecule has 4 heteroatoms. The fourth-order valence-corrected chi connectivity index (χ4v) is 1.80. The summed E-state index contributed by atoms with van der Waals surface area (Å²) in [7, 11) is -0.362. The standard InChI is InChI=1S/C13H19BO3/c1-9-8-10(6-7-11(9)15)14-16-12(2,3)13(4,5)17-14/h6-8,15H,1-5H3. The van der Waals surface area contributed by atoms with Gasteiger partial charge < -0.3 is 14.4 Å². The Morgan fingerprint density at radius 1 is 1.06 bits per heavy atom. The molecule has 0 atom stereocenters. The molecule has 2 rings (SSSR count). The maximum absolute atomic E-state index is 9.51. The molecule has 17 heavy (non-hydrogen) atoms. The van der Waals surface area contributed by atoms with Crippen LogP contribution in [-0.4, -0.2) is 23.4 Å². The van der Waals surface area contributed by atoms with Crippen LogP contribution in [0.5, 0.6) is 5.75 Å². The van der Waals surface area contributed by atoms with Gasteiger partial charge in [0, 0.05) is 0 Å². The second-order valence-corrected chi connectivity index (χ2v) is 5.63. The summed E-state index contributed by atoms with van der Waals surface area (Å²) in [5.74, 6) is 0.297. The van der Waals surface area contributed by atoms with Crippen molar-refractivity contribution in [1.29, 1.82) is 0 Å². The topological polar surface area (TPSA) is 38.7 Å². The van der Waals surface area contributed by atoms with Gasteiger partial charge in [0.25, 0.3) is 0 Å². The molecule has 3 nitrogen and oxygen atoms in total. The zero-order valence-corrected chi connectivity index (χ0v) is 11.1. The Bertz CT molecular complexity index is 424. The summed E-state index contributed by atoms with van der Waals surface area (Å²) >= 11 is 0. The lowest BCUT2D eigenvalue weighted by Gasteiger charge is -2.32. The minimum atomic E-state index is -0.362. The van der Waals surface area contributed by atoms with Gasteiger partial charge in [0.05, 0.1) is 11.2 Å². The molecule has 0 bridgehead atoms. The summed E-state index contributed by atoms with van der Waals surface area (Å²) < 4.78 is 11.9. The van der Waals surface area contributed by atoms with Crippen molar-refractivity contribution in [3.8, 4) is 5.75 Å². The molecule has 1 aromatic rings. The van der Waals surface area contributed by atoms with Crippen LogP contribution < -0.4 is 5.46 Å². The molecule has 1 aromatic carbocycles. The van der Waals surface area contributed by atoms with Gasteiger partial charge in [-0.05, 0) is 51.7 Å². The smallest absolute Gasteiger partial charge is 0.494 e. The first-order valence-electron chi connectivity index (χ1n) is 5.88. The van der Waals surface area contributed by atoms with E-state index in [-0.39, 0.29) is 18.3 Å². The fraction of sp³-hybridized carbons (Fsp3) is 0.538. The Labute approximate surface area is 103 Å². The van der Waals surface area contributed by atoms with E-state index in [1.54, 1.807) is 6.07 Å². The van der Waals surface area contributed by atoms with E-state index in [0.717, 1.165) is 11.0 Å². The predicted octanol–water partition coefficient (Wildman–Crippen LogP) is 2.00. The van der Waals surface area contributed by atoms with Crippen molar-refractivity contribution in [2.75, 3.05) is 0 Å². The van der Waals surface area contributed by atoms with E-state index in [9.17, 15) is 5.11 Å². The van der Waals surface area contributed by atoms with Crippen molar-refractivity contribution < 1.29 is 14.4 Å². The number of aromatic hydroxyl groups is 1. The molecule has 0 radical (unpaired) electrons. The summed E-state index contributed by atoms with van der Waals surface area (Å²) in [6.07, 6.45) is 0. The highest BCUT2D eigenvalue weighted by atomic mass is 16.7. The van der Waals surface area contributed by atoms with Gasteiger partial charge >= 0.3 is 7.12 Å². The first-order valence-corrected chi connectivity index (χ1v) is 5.88. The summed E-state index contributed by atoms with van der Waals surface area (Å²) in [4.78, 5) is 0. The van der Waals surface area contributed by atoms with Crippen LogP contribution in [0.15, 0.2) is 18.2 Å². The average molecular weight is 234 g/mol. The molecule has 1 N–H and O–H groups in total. The summed E-state index contributed by atoms with van der Waals surface area (Å²) in [5.41, 5.74) is 1.11. The zero-order chi connectivity index (χ0) is 12.8. The maximum atomic E-state index is 9.51. The molecule has 0 aromatic heterocycles. The van der Waals surface area contributed by atoms with Crippen LogP contribution >= 0.6 is 0 Å². The zero-order valence-electron chi connectivity index (χ0n) is 11.1. The lowest BCUT2D eigenvalue weighted by atomic mass is 9.78. The van der Waals surface area contributed by atoms with E-state index in [2.05, 4.69) is 0 Å². The second-order valence-electron chi connectivity index (χ2n) is 5.63. The number of phenols is 1. The highest BCUT2D eigenvalue weighted by molar-refractivity contribution is 6.62. The molecule has 1 aliphatic rings. The van der Waals surface area contributed by atoms with Crippen LogP contribution in [0, 0.1) is 6.92 Å². The maximum Gasteiger partial charge on any atom is 0.494 e. The van der Waals surface area contributed by atoms with Crippen molar-refractivity contribution in [3.63, 3.8) is 0 Å². The Morgan fingerprint density at radius 3 is 2.06 bits per heavy atom. The van der Waals surface area contributed by atoms with Gasteiger partial charge in [-0.3, -0.25) is 0 Å². The van der Waals surface area contributed by atoms with Crippen molar-refractivity contribution in [3.05, 3.63) is 23.8 Å². The average Bonchev–Trinajstić information content (AvgIpc) is 2.41. The minimum Gasteiger partial charge on any atom is -0.508 e. The Balaban J connectivity index is 2.29. The number of hydrogen-bond donors (Lipinski definition) is 1. The van der Waals surface area contributed by atoms with Gasteiger partial charge in [-0.15, -0.1) is 0 Å². The largest absolute Gasteiger partial charge is 0.508 e. The van der Waals surface area contributed by atoms with E-state index in [1.807, 2.05) is 46.8 Å². The van der Waals surface area contributed by atoms with Gasteiger partial charge in [-0.25, -0.2) is 0 Å². The molecule has 0 aliphatic carbocycles. The van der Waals surface area contributed by atoms with Gasteiger partial charge in [0.15, 0.2) is 0 Å². The van der Waals surface area contributed by atoms with Crippen LogP contribution in [0.2, 0.25) is 0 Å². The van der Waals surface area contributed by atoms with E-state index in [1.165, 1.54) is 0 Å². The molecule has 1 aliphatic heterocycles. The van der Waals surface area contributed by atoms with Crippen molar-refractivity contribution in [2.45, 2.75) is 45.8 Å². The Kier molecular flexibility index (Phi) is 2.75. The van der Waals surface area contributed by atoms with Crippen molar-refractivity contribution in [2.24, 2.45) is 0 Å². The number of phenolic OH excluding ortho intramolecular Hbond substituents is 1. The van der Waals surface area contributed by atoms with Crippen LogP contribution in [0.3, 0.4) is 0 Å². The summed E-state index contributed by atoms with van der Waals surface area (Å²) in [6, 6.07) is 5.41. The highest BCUT2D eigenvalue weighted by Crippen LogP contribution is 2.36. The molecule has 0 unspecified atom stereocenters. The minimum absolute atomic E-state index is 0.297.